The maximum atomic E-state index is 12.4. The molecule has 4 heteroatoms. The SMILES string of the molecule is O=C(OCCOC(=O)c1cccc2ccccc12)c1cccc2ccccc12. The number of rotatable bonds is 5. The minimum atomic E-state index is -0.432. The summed E-state index contributed by atoms with van der Waals surface area (Å²) >= 11 is 0. The Hall–Kier alpha value is -3.66. The molecule has 0 fully saturated rings. The molecule has 0 radical (unpaired) electrons. The predicted molar refractivity (Wildman–Crippen MR) is 108 cm³/mol. The molecule has 28 heavy (non-hydrogen) atoms. The third kappa shape index (κ3) is 3.58. The molecule has 0 N–H and O–H groups in total. The molecule has 0 aliphatic heterocycles. The molecule has 4 rings (SSSR count). The Labute approximate surface area is 162 Å². The van der Waals surface area contributed by atoms with Gasteiger partial charge in [-0.1, -0.05) is 72.8 Å². The zero-order valence-corrected chi connectivity index (χ0v) is 15.1. The van der Waals surface area contributed by atoms with Crippen LogP contribution in [-0.4, -0.2) is 25.2 Å². The van der Waals surface area contributed by atoms with Gasteiger partial charge in [0.05, 0.1) is 11.1 Å². The molecular weight excluding hydrogens is 352 g/mol. The van der Waals surface area contributed by atoms with E-state index in [1.165, 1.54) is 0 Å². The number of hydrogen-bond donors (Lipinski definition) is 0. The van der Waals surface area contributed by atoms with E-state index in [-0.39, 0.29) is 13.2 Å². The maximum absolute atomic E-state index is 12.4. The van der Waals surface area contributed by atoms with Crippen LogP contribution in [0.1, 0.15) is 20.7 Å². The van der Waals surface area contributed by atoms with E-state index < -0.39 is 11.9 Å². The van der Waals surface area contributed by atoms with Gasteiger partial charge in [-0.05, 0) is 33.7 Å². The first-order valence-corrected chi connectivity index (χ1v) is 9.04. The Balaban J connectivity index is 1.38. The number of esters is 2. The van der Waals surface area contributed by atoms with Crippen LogP contribution in [0.25, 0.3) is 21.5 Å². The molecule has 0 aliphatic carbocycles. The second-order valence-electron chi connectivity index (χ2n) is 6.33. The van der Waals surface area contributed by atoms with Crippen LogP contribution in [0.15, 0.2) is 84.9 Å². The summed E-state index contributed by atoms with van der Waals surface area (Å²) in [5, 5.41) is 3.61. The van der Waals surface area contributed by atoms with Crippen LogP contribution in [-0.2, 0) is 9.47 Å². The number of carbonyl (C=O) groups is 2. The van der Waals surface area contributed by atoms with Crippen LogP contribution < -0.4 is 0 Å². The van der Waals surface area contributed by atoms with E-state index in [0.29, 0.717) is 11.1 Å². The monoisotopic (exact) mass is 370 g/mol. The molecule has 4 aromatic carbocycles. The highest BCUT2D eigenvalue weighted by atomic mass is 16.6. The van der Waals surface area contributed by atoms with Crippen LogP contribution in [0.3, 0.4) is 0 Å². The molecule has 0 unspecified atom stereocenters. The first kappa shape index (κ1) is 17.7. The molecular formula is C24H18O4. The highest BCUT2D eigenvalue weighted by molar-refractivity contribution is 6.05. The molecule has 0 aliphatic rings. The fourth-order valence-corrected chi connectivity index (χ4v) is 3.23. The minimum Gasteiger partial charge on any atom is -0.458 e. The molecule has 138 valence electrons. The van der Waals surface area contributed by atoms with Crippen LogP contribution >= 0.6 is 0 Å². The third-order valence-corrected chi connectivity index (χ3v) is 4.57. The van der Waals surface area contributed by atoms with Gasteiger partial charge in [-0.15, -0.1) is 0 Å². The Morgan fingerprint density at radius 3 is 1.39 bits per heavy atom. The van der Waals surface area contributed by atoms with Crippen LogP contribution in [0.4, 0.5) is 0 Å². The number of ether oxygens (including phenoxy) is 2. The zero-order chi connectivity index (χ0) is 19.3. The van der Waals surface area contributed by atoms with Gasteiger partial charge >= 0.3 is 11.9 Å². The molecule has 0 saturated heterocycles. The lowest BCUT2D eigenvalue weighted by atomic mass is 10.0. The van der Waals surface area contributed by atoms with Crippen molar-refractivity contribution in [2.24, 2.45) is 0 Å². The molecule has 0 spiro atoms. The van der Waals surface area contributed by atoms with Gasteiger partial charge < -0.3 is 9.47 Å². The lowest BCUT2D eigenvalue weighted by molar-refractivity contribution is 0.0268. The van der Waals surface area contributed by atoms with Crippen molar-refractivity contribution in [1.29, 1.82) is 0 Å². The van der Waals surface area contributed by atoms with Crippen molar-refractivity contribution in [2.45, 2.75) is 0 Å². The van der Waals surface area contributed by atoms with Gasteiger partial charge in [-0.2, -0.15) is 0 Å². The third-order valence-electron chi connectivity index (χ3n) is 4.57. The smallest absolute Gasteiger partial charge is 0.338 e. The summed E-state index contributed by atoms with van der Waals surface area (Å²) in [5.41, 5.74) is 0.997. The molecule has 0 aromatic heterocycles. The van der Waals surface area contributed by atoms with E-state index >= 15 is 0 Å². The van der Waals surface area contributed by atoms with Gasteiger partial charge in [0, 0.05) is 0 Å². The summed E-state index contributed by atoms with van der Waals surface area (Å²) in [6.45, 7) is -0.00286. The molecule has 4 nitrogen and oxygen atoms in total. The van der Waals surface area contributed by atoms with Crippen molar-refractivity contribution in [1.82, 2.24) is 0 Å². The summed E-state index contributed by atoms with van der Waals surface area (Å²) in [5.74, 6) is -0.865. The lowest BCUT2D eigenvalue weighted by Crippen LogP contribution is -2.14. The highest BCUT2D eigenvalue weighted by Crippen LogP contribution is 2.20. The average Bonchev–Trinajstić information content (AvgIpc) is 2.75. The molecule has 0 saturated carbocycles. The van der Waals surface area contributed by atoms with Crippen molar-refractivity contribution in [3.05, 3.63) is 96.1 Å². The summed E-state index contributed by atoms with van der Waals surface area (Å²) in [6.07, 6.45) is 0. The van der Waals surface area contributed by atoms with Crippen LogP contribution in [0.5, 0.6) is 0 Å². The summed E-state index contributed by atoms with van der Waals surface area (Å²) in [4.78, 5) is 24.8. The normalized spacial score (nSPS) is 10.7. The topological polar surface area (TPSA) is 52.6 Å². The Morgan fingerprint density at radius 1 is 0.536 bits per heavy atom. The van der Waals surface area contributed by atoms with Crippen molar-refractivity contribution in [3.8, 4) is 0 Å². The van der Waals surface area contributed by atoms with Crippen molar-refractivity contribution in [3.63, 3.8) is 0 Å². The first-order chi connectivity index (χ1) is 13.7. The minimum absolute atomic E-state index is 0.00143. The Bertz CT molecular complexity index is 1060. The number of hydrogen-bond acceptors (Lipinski definition) is 4. The highest BCUT2D eigenvalue weighted by Gasteiger charge is 2.13. The van der Waals surface area contributed by atoms with E-state index in [9.17, 15) is 9.59 Å². The van der Waals surface area contributed by atoms with Gasteiger partial charge in [-0.3, -0.25) is 0 Å². The van der Waals surface area contributed by atoms with Gasteiger partial charge in [0.25, 0.3) is 0 Å². The van der Waals surface area contributed by atoms with E-state index in [4.69, 9.17) is 9.47 Å². The zero-order valence-electron chi connectivity index (χ0n) is 15.1. The summed E-state index contributed by atoms with van der Waals surface area (Å²) < 4.78 is 10.6. The fraction of sp³-hybridized carbons (Fsp3) is 0.0833. The second-order valence-corrected chi connectivity index (χ2v) is 6.33. The Kier molecular flexibility index (Phi) is 5.02. The van der Waals surface area contributed by atoms with Crippen molar-refractivity contribution in [2.75, 3.05) is 13.2 Å². The van der Waals surface area contributed by atoms with E-state index in [0.717, 1.165) is 21.5 Å². The number of benzene rings is 4. The average molecular weight is 370 g/mol. The van der Waals surface area contributed by atoms with Gasteiger partial charge in [0.2, 0.25) is 0 Å². The van der Waals surface area contributed by atoms with Crippen LogP contribution in [0, 0.1) is 0 Å². The largest absolute Gasteiger partial charge is 0.458 e. The molecule has 0 heterocycles. The van der Waals surface area contributed by atoms with Crippen molar-refractivity contribution >= 4 is 33.5 Å². The van der Waals surface area contributed by atoms with Gasteiger partial charge in [0.15, 0.2) is 0 Å². The van der Waals surface area contributed by atoms with Gasteiger partial charge in [0.1, 0.15) is 13.2 Å². The summed E-state index contributed by atoms with van der Waals surface area (Å²) in [7, 11) is 0. The molecule has 0 amide bonds. The van der Waals surface area contributed by atoms with Gasteiger partial charge in [-0.25, -0.2) is 9.59 Å². The maximum Gasteiger partial charge on any atom is 0.338 e. The molecule has 0 bridgehead atoms. The first-order valence-electron chi connectivity index (χ1n) is 9.04. The standard InChI is InChI=1S/C24H18O4/c25-23(21-13-5-9-17-7-1-3-11-19(17)21)27-15-16-28-24(26)22-14-6-10-18-8-2-4-12-20(18)22/h1-14H,15-16H2. The van der Waals surface area contributed by atoms with Crippen molar-refractivity contribution < 1.29 is 19.1 Å². The quantitative estimate of drug-likeness (QED) is 0.366. The van der Waals surface area contributed by atoms with E-state index in [1.54, 1.807) is 12.1 Å². The predicted octanol–water partition coefficient (Wildman–Crippen LogP) is 5.01. The Morgan fingerprint density at radius 2 is 0.929 bits per heavy atom. The number of fused-ring (bicyclic) bond motifs is 2. The van der Waals surface area contributed by atoms with Crippen LogP contribution in [0.2, 0.25) is 0 Å². The molecule has 0 atom stereocenters. The molecule has 4 aromatic rings. The second kappa shape index (κ2) is 7.92. The number of carbonyl (C=O) groups excluding carboxylic acids is 2. The van der Waals surface area contributed by atoms with E-state index in [1.807, 2.05) is 72.8 Å². The van der Waals surface area contributed by atoms with E-state index in [2.05, 4.69) is 0 Å². The fourth-order valence-electron chi connectivity index (χ4n) is 3.23. The summed E-state index contributed by atoms with van der Waals surface area (Å²) in [6, 6.07) is 26.2. The lowest BCUT2D eigenvalue weighted by Gasteiger charge is -2.09.